The molecule has 1 saturated carbocycles. The van der Waals surface area contributed by atoms with E-state index >= 15 is 0 Å². The SMILES string of the molecule is CC(C)(C)OC(=O)N1CC2(CCC(Nc3ncc4c(Br)ccn4n3)CC2)C1. The van der Waals surface area contributed by atoms with E-state index in [-0.39, 0.29) is 11.5 Å². The predicted molar refractivity (Wildman–Crippen MR) is 107 cm³/mol. The maximum Gasteiger partial charge on any atom is 0.410 e. The lowest BCUT2D eigenvalue weighted by molar-refractivity contribution is -0.0496. The Morgan fingerprint density at radius 1 is 1.33 bits per heavy atom. The number of nitrogens with zero attached hydrogens (tertiary/aromatic N) is 4. The van der Waals surface area contributed by atoms with Gasteiger partial charge in [0.05, 0.1) is 11.7 Å². The summed E-state index contributed by atoms with van der Waals surface area (Å²) in [7, 11) is 0. The zero-order chi connectivity index (χ0) is 19.2. The molecule has 8 heteroatoms. The number of anilines is 1. The Bertz CT molecular complexity index is 843. The monoisotopic (exact) mass is 435 g/mol. The van der Waals surface area contributed by atoms with E-state index < -0.39 is 5.60 Å². The van der Waals surface area contributed by atoms with Gasteiger partial charge >= 0.3 is 6.09 Å². The molecule has 2 fully saturated rings. The molecule has 1 amide bonds. The first-order valence-electron chi connectivity index (χ1n) is 9.47. The molecule has 0 atom stereocenters. The van der Waals surface area contributed by atoms with Crippen LogP contribution in [0.3, 0.4) is 0 Å². The van der Waals surface area contributed by atoms with Gasteiger partial charge in [-0.2, -0.15) is 0 Å². The third-order valence-electron chi connectivity index (χ3n) is 5.45. The molecule has 2 aromatic heterocycles. The standard InChI is InChI=1S/C19H26BrN5O2/c1-18(2,3)27-17(26)24-11-19(12-24)7-4-13(5-8-19)22-16-21-10-15-14(20)6-9-25(15)23-16/h6,9-10,13H,4-5,7-8,11-12H2,1-3H3,(H,22,23). The number of amides is 1. The highest BCUT2D eigenvalue weighted by atomic mass is 79.9. The number of hydrogen-bond acceptors (Lipinski definition) is 5. The molecule has 1 saturated heterocycles. The summed E-state index contributed by atoms with van der Waals surface area (Å²) in [5.74, 6) is 0.663. The molecule has 0 radical (unpaired) electrons. The van der Waals surface area contributed by atoms with Gasteiger partial charge in [-0.1, -0.05) is 0 Å². The van der Waals surface area contributed by atoms with Gasteiger partial charge < -0.3 is 15.0 Å². The van der Waals surface area contributed by atoms with E-state index in [1.165, 1.54) is 0 Å². The molecule has 1 aliphatic heterocycles. The van der Waals surface area contributed by atoms with Gasteiger partial charge in [0, 0.05) is 35.2 Å². The van der Waals surface area contributed by atoms with Crippen molar-refractivity contribution in [3.05, 3.63) is 22.9 Å². The molecule has 1 spiro atoms. The number of carbonyl (C=O) groups is 1. The Kier molecular flexibility index (Phi) is 4.56. The number of carbonyl (C=O) groups excluding carboxylic acids is 1. The Morgan fingerprint density at radius 2 is 2.04 bits per heavy atom. The second kappa shape index (κ2) is 6.65. The van der Waals surface area contributed by atoms with Crippen LogP contribution in [0.15, 0.2) is 22.9 Å². The third kappa shape index (κ3) is 3.90. The average molecular weight is 436 g/mol. The number of fused-ring (bicyclic) bond motifs is 1. The molecule has 1 aliphatic carbocycles. The molecule has 27 heavy (non-hydrogen) atoms. The van der Waals surface area contributed by atoms with Crippen molar-refractivity contribution in [3.63, 3.8) is 0 Å². The van der Waals surface area contributed by atoms with Crippen LogP contribution in [0.4, 0.5) is 10.7 Å². The second-order valence-corrected chi connectivity index (χ2v) is 9.68. The summed E-state index contributed by atoms with van der Waals surface area (Å²) in [6.45, 7) is 7.35. The summed E-state index contributed by atoms with van der Waals surface area (Å²) in [6, 6.07) is 2.34. The number of ether oxygens (including phenoxy) is 1. The molecule has 146 valence electrons. The lowest BCUT2D eigenvalue weighted by Gasteiger charge is -2.53. The van der Waals surface area contributed by atoms with E-state index in [0.717, 1.165) is 48.8 Å². The molecular weight excluding hydrogens is 410 g/mol. The average Bonchev–Trinajstić information content (AvgIpc) is 2.93. The summed E-state index contributed by atoms with van der Waals surface area (Å²) >= 11 is 3.49. The predicted octanol–water partition coefficient (Wildman–Crippen LogP) is 4.08. The first-order chi connectivity index (χ1) is 12.7. The van der Waals surface area contributed by atoms with E-state index in [4.69, 9.17) is 4.74 Å². The highest BCUT2D eigenvalue weighted by molar-refractivity contribution is 9.10. The van der Waals surface area contributed by atoms with Crippen LogP contribution in [0.1, 0.15) is 46.5 Å². The van der Waals surface area contributed by atoms with Crippen molar-refractivity contribution < 1.29 is 9.53 Å². The molecule has 0 unspecified atom stereocenters. The minimum atomic E-state index is -0.433. The largest absolute Gasteiger partial charge is 0.444 e. The lowest BCUT2D eigenvalue weighted by atomic mass is 9.67. The zero-order valence-electron chi connectivity index (χ0n) is 16.0. The number of rotatable bonds is 2. The van der Waals surface area contributed by atoms with Crippen molar-refractivity contribution in [3.8, 4) is 0 Å². The van der Waals surface area contributed by atoms with Crippen molar-refractivity contribution in [2.45, 2.75) is 58.1 Å². The van der Waals surface area contributed by atoms with E-state index in [1.807, 2.05) is 48.6 Å². The van der Waals surface area contributed by atoms with Crippen LogP contribution in [0, 0.1) is 5.41 Å². The molecule has 2 aliphatic rings. The summed E-state index contributed by atoms with van der Waals surface area (Å²) in [5.41, 5.74) is 0.795. The molecule has 7 nitrogen and oxygen atoms in total. The quantitative estimate of drug-likeness (QED) is 0.768. The fraction of sp³-hybridized carbons (Fsp3) is 0.632. The Morgan fingerprint density at radius 3 is 2.70 bits per heavy atom. The van der Waals surface area contributed by atoms with Gasteiger partial charge in [-0.3, -0.25) is 0 Å². The Hall–Kier alpha value is -1.83. The number of aromatic nitrogens is 3. The van der Waals surface area contributed by atoms with Gasteiger partial charge in [0.25, 0.3) is 0 Å². The number of halogens is 1. The summed E-state index contributed by atoms with van der Waals surface area (Å²) < 4.78 is 8.29. The smallest absolute Gasteiger partial charge is 0.410 e. The van der Waals surface area contributed by atoms with Gasteiger partial charge in [0.1, 0.15) is 5.60 Å². The highest BCUT2D eigenvalue weighted by Gasteiger charge is 2.48. The normalized spacial score (nSPS) is 19.9. The molecule has 0 aromatic carbocycles. The van der Waals surface area contributed by atoms with Crippen LogP contribution in [0.25, 0.3) is 5.52 Å². The maximum atomic E-state index is 12.2. The Labute approximate surface area is 167 Å². The fourth-order valence-electron chi connectivity index (χ4n) is 4.03. The minimum absolute atomic E-state index is 0.187. The zero-order valence-corrected chi connectivity index (χ0v) is 17.6. The van der Waals surface area contributed by atoms with Gasteiger partial charge in [0.15, 0.2) is 0 Å². The van der Waals surface area contributed by atoms with Crippen LogP contribution < -0.4 is 5.32 Å². The van der Waals surface area contributed by atoms with Crippen molar-refractivity contribution in [2.24, 2.45) is 5.41 Å². The summed E-state index contributed by atoms with van der Waals surface area (Å²) in [4.78, 5) is 18.4. The number of hydrogen-bond donors (Lipinski definition) is 1. The second-order valence-electron chi connectivity index (χ2n) is 8.83. The van der Waals surface area contributed by atoms with Crippen LogP contribution in [0.2, 0.25) is 0 Å². The first-order valence-corrected chi connectivity index (χ1v) is 10.3. The van der Waals surface area contributed by atoms with Crippen molar-refractivity contribution in [1.82, 2.24) is 19.5 Å². The third-order valence-corrected chi connectivity index (χ3v) is 6.12. The Balaban J connectivity index is 1.29. The van der Waals surface area contributed by atoms with Gasteiger partial charge in [-0.05, 0) is 68.5 Å². The van der Waals surface area contributed by atoms with E-state index in [1.54, 1.807) is 0 Å². The summed E-state index contributed by atoms with van der Waals surface area (Å²) in [6.07, 6.45) is 7.92. The summed E-state index contributed by atoms with van der Waals surface area (Å²) in [5, 5.41) is 7.99. The lowest BCUT2D eigenvalue weighted by Crippen LogP contribution is -2.60. The molecule has 0 bridgehead atoms. The van der Waals surface area contributed by atoms with Gasteiger partial charge in [-0.25, -0.2) is 14.3 Å². The van der Waals surface area contributed by atoms with Crippen LogP contribution in [-0.2, 0) is 4.74 Å². The minimum Gasteiger partial charge on any atom is -0.444 e. The van der Waals surface area contributed by atoms with Gasteiger partial charge in [0.2, 0.25) is 5.95 Å². The molecule has 4 rings (SSSR count). The van der Waals surface area contributed by atoms with Crippen LogP contribution >= 0.6 is 15.9 Å². The first kappa shape index (κ1) is 18.5. The van der Waals surface area contributed by atoms with E-state index in [9.17, 15) is 4.79 Å². The van der Waals surface area contributed by atoms with Crippen molar-refractivity contribution in [1.29, 1.82) is 0 Å². The molecular formula is C19H26BrN5O2. The number of nitrogens with one attached hydrogen (secondary N) is 1. The van der Waals surface area contributed by atoms with Crippen LogP contribution in [0.5, 0.6) is 0 Å². The van der Waals surface area contributed by atoms with E-state index in [2.05, 4.69) is 31.3 Å². The molecule has 3 heterocycles. The van der Waals surface area contributed by atoms with Crippen molar-refractivity contribution >= 4 is 33.5 Å². The highest BCUT2D eigenvalue weighted by Crippen LogP contribution is 2.44. The molecule has 2 aromatic rings. The van der Waals surface area contributed by atoms with E-state index in [0.29, 0.717) is 12.0 Å². The fourth-order valence-corrected chi connectivity index (χ4v) is 4.43. The molecule has 1 N–H and O–H groups in total. The van der Waals surface area contributed by atoms with Crippen molar-refractivity contribution in [2.75, 3.05) is 18.4 Å². The van der Waals surface area contributed by atoms with Crippen LogP contribution in [-0.4, -0.2) is 50.3 Å². The number of likely N-dealkylation sites (tertiary alicyclic amines) is 1. The maximum absolute atomic E-state index is 12.2. The van der Waals surface area contributed by atoms with Gasteiger partial charge in [-0.15, -0.1) is 5.10 Å². The topological polar surface area (TPSA) is 71.8 Å².